The Labute approximate surface area is 120 Å². The van der Waals surface area contributed by atoms with Crippen molar-refractivity contribution in [1.82, 2.24) is 9.80 Å². The molecule has 0 aliphatic heterocycles. The molecule has 0 saturated carbocycles. The van der Waals surface area contributed by atoms with E-state index in [1.165, 1.54) is 0 Å². The molecule has 0 saturated heterocycles. The van der Waals surface area contributed by atoms with E-state index in [0.29, 0.717) is 44.1 Å². The number of thiocarbonyl (C=S) groups is 1. The van der Waals surface area contributed by atoms with Crippen LogP contribution in [-0.2, 0) is 9.53 Å². The highest BCUT2D eigenvalue weighted by Crippen LogP contribution is 1.97. The van der Waals surface area contributed by atoms with E-state index in [1.54, 1.807) is 19.1 Å². The van der Waals surface area contributed by atoms with Gasteiger partial charge in [-0.05, 0) is 7.05 Å². The Morgan fingerprint density at radius 3 is 2.53 bits per heavy atom. The zero-order valence-electron chi connectivity index (χ0n) is 12.0. The van der Waals surface area contributed by atoms with Gasteiger partial charge in [-0.3, -0.25) is 4.79 Å². The van der Waals surface area contributed by atoms with Gasteiger partial charge in [-0.2, -0.15) is 0 Å². The summed E-state index contributed by atoms with van der Waals surface area (Å²) in [6.07, 6.45) is 0.418. The Kier molecular flexibility index (Phi) is 9.68. The number of aliphatic hydroxyl groups is 1. The number of likely N-dealkylation sites (N-methyl/N-ethyl adjacent to an activating group) is 1. The smallest absolute Gasteiger partial charge is 0.223 e. The molecule has 0 radical (unpaired) electrons. The van der Waals surface area contributed by atoms with E-state index in [9.17, 15) is 9.90 Å². The van der Waals surface area contributed by atoms with Crippen LogP contribution in [0.3, 0.4) is 0 Å². The van der Waals surface area contributed by atoms with Gasteiger partial charge in [0.1, 0.15) is 0 Å². The Bertz CT molecular complexity index is 289. The van der Waals surface area contributed by atoms with Crippen LogP contribution < -0.4 is 5.73 Å². The summed E-state index contributed by atoms with van der Waals surface area (Å²) >= 11 is 4.77. The number of ether oxygens (including phenoxy) is 1. The Morgan fingerprint density at radius 1 is 1.37 bits per heavy atom. The van der Waals surface area contributed by atoms with Crippen LogP contribution in [0.4, 0.5) is 0 Å². The summed E-state index contributed by atoms with van der Waals surface area (Å²) in [6, 6.07) is 0. The minimum absolute atomic E-state index is 0.0457. The maximum atomic E-state index is 11.8. The molecule has 0 aromatic heterocycles. The molecule has 0 fully saturated rings. The second-order valence-electron chi connectivity index (χ2n) is 4.65. The zero-order valence-corrected chi connectivity index (χ0v) is 12.8. The first kappa shape index (κ1) is 18.2. The number of hydrogen-bond donors (Lipinski definition) is 2. The quantitative estimate of drug-likeness (QED) is 0.526. The van der Waals surface area contributed by atoms with E-state index in [1.807, 2.05) is 11.9 Å². The van der Waals surface area contributed by atoms with E-state index < -0.39 is 6.10 Å². The lowest BCUT2D eigenvalue weighted by Gasteiger charge is -2.22. The van der Waals surface area contributed by atoms with E-state index in [4.69, 9.17) is 22.7 Å². The number of nitrogens with zero attached hydrogens (tertiary/aromatic N) is 2. The fourth-order valence-electron chi connectivity index (χ4n) is 1.58. The number of aliphatic hydroxyl groups excluding tert-OH is 1. The van der Waals surface area contributed by atoms with Gasteiger partial charge >= 0.3 is 0 Å². The first-order chi connectivity index (χ1) is 8.86. The molecule has 7 heteroatoms. The van der Waals surface area contributed by atoms with Crippen molar-refractivity contribution in [2.45, 2.75) is 18.9 Å². The summed E-state index contributed by atoms with van der Waals surface area (Å²) < 4.78 is 4.85. The normalized spacial score (nSPS) is 12.5. The maximum Gasteiger partial charge on any atom is 0.223 e. The predicted molar refractivity (Wildman–Crippen MR) is 79.0 cm³/mol. The van der Waals surface area contributed by atoms with Gasteiger partial charge in [-0.25, -0.2) is 0 Å². The van der Waals surface area contributed by atoms with Gasteiger partial charge in [0, 0.05) is 46.6 Å². The van der Waals surface area contributed by atoms with Crippen LogP contribution in [0.2, 0.25) is 0 Å². The minimum Gasteiger partial charge on any atom is -0.393 e. The third kappa shape index (κ3) is 9.77. The maximum absolute atomic E-state index is 11.8. The molecule has 0 bridgehead atoms. The van der Waals surface area contributed by atoms with Crippen LogP contribution in [0.5, 0.6) is 0 Å². The highest BCUT2D eigenvalue weighted by atomic mass is 32.1. The predicted octanol–water partition coefficient (Wildman–Crippen LogP) is -0.550. The van der Waals surface area contributed by atoms with Crippen molar-refractivity contribution in [1.29, 1.82) is 0 Å². The van der Waals surface area contributed by atoms with Crippen molar-refractivity contribution in [3.8, 4) is 0 Å². The van der Waals surface area contributed by atoms with E-state index in [0.717, 1.165) is 0 Å². The summed E-state index contributed by atoms with van der Waals surface area (Å²) in [5.41, 5.74) is 5.39. The first-order valence-corrected chi connectivity index (χ1v) is 6.65. The lowest BCUT2D eigenvalue weighted by Crippen LogP contribution is -2.36. The lowest BCUT2D eigenvalue weighted by molar-refractivity contribution is -0.130. The van der Waals surface area contributed by atoms with Crippen LogP contribution in [0, 0.1) is 0 Å². The Morgan fingerprint density at radius 2 is 2.00 bits per heavy atom. The Hall–Kier alpha value is -0.760. The zero-order chi connectivity index (χ0) is 14.8. The first-order valence-electron chi connectivity index (χ1n) is 6.24. The van der Waals surface area contributed by atoms with E-state index in [2.05, 4.69) is 0 Å². The molecule has 0 aromatic rings. The highest BCUT2D eigenvalue weighted by Gasteiger charge is 2.12. The van der Waals surface area contributed by atoms with Gasteiger partial charge in [0.2, 0.25) is 5.91 Å². The van der Waals surface area contributed by atoms with Crippen LogP contribution in [0.25, 0.3) is 0 Å². The van der Waals surface area contributed by atoms with Crippen molar-refractivity contribution >= 4 is 23.1 Å². The lowest BCUT2D eigenvalue weighted by atomic mass is 10.3. The van der Waals surface area contributed by atoms with Crippen molar-refractivity contribution in [3.05, 3.63) is 0 Å². The van der Waals surface area contributed by atoms with Crippen LogP contribution in [0.1, 0.15) is 12.8 Å². The molecule has 112 valence electrons. The number of rotatable bonds is 10. The summed E-state index contributed by atoms with van der Waals surface area (Å²) in [6.45, 7) is 1.92. The molecule has 1 unspecified atom stereocenters. The molecule has 0 spiro atoms. The van der Waals surface area contributed by atoms with Gasteiger partial charge in [0.05, 0.1) is 17.7 Å². The number of carbonyl (C=O) groups is 1. The number of amides is 1. The molecule has 0 aliphatic rings. The third-order valence-electron chi connectivity index (χ3n) is 2.71. The average Bonchev–Trinajstić information content (AvgIpc) is 2.33. The molecule has 1 amide bonds. The molecular formula is C12H25N3O3S. The molecule has 1 atom stereocenters. The fourth-order valence-corrected chi connectivity index (χ4v) is 1.67. The van der Waals surface area contributed by atoms with Crippen molar-refractivity contribution in [2.75, 3.05) is 47.4 Å². The summed E-state index contributed by atoms with van der Waals surface area (Å²) in [4.78, 5) is 15.7. The molecule has 0 aromatic carbocycles. The third-order valence-corrected chi connectivity index (χ3v) is 2.91. The molecule has 6 nitrogen and oxygen atoms in total. The fraction of sp³-hybridized carbons (Fsp3) is 0.833. The van der Waals surface area contributed by atoms with Crippen molar-refractivity contribution < 1.29 is 14.6 Å². The van der Waals surface area contributed by atoms with Gasteiger partial charge in [-0.1, -0.05) is 12.2 Å². The van der Waals surface area contributed by atoms with Crippen LogP contribution >= 0.6 is 12.2 Å². The van der Waals surface area contributed by atoms with Gasteiger partial charge in [-0.15, -0.1) is 0 Å². The summed E-state index contributed by atoms with van der Waals surface area (Å²) in [5, 5.41) is 9.55. The highest BCUT2D eigenvalue weighted by molar-refractivity contribution is 7.80. The summed E-state index contributed by atoms with van der Waals surface area (Å²) in [5.74, 6) is 0.0457. The SMILES string of the molecule is COCC(O)CN(C)CCC(=O)N(C)CCC(N)=S. The molecule has 0 heterocycles. The van der Waals surface area contributed by atoms with Crippen LogP contribution in [-0.4, -0.2) is 79.4 Å². The van der Waals surface area contributed by atoms with Gasteiger partial charge < -0.3 is 25.4 Å². The minimum atomic E-state index is -0.530. The molecule has 3 N–H and O–H groups in total. The van der Waals surface area contributed by atoms with Gasteiger partial charge in [0.15, 0.2) is 0 Å². The van der Waals surface area contributed by atoms with E-state index in [-0.39, 0.29) is 5.91 Å². The molecule has 19 heavy (non-hydrogen) atoms. The largest absolute Gasteiger partial charge is 0.393 e. The average molecular weight is 291 g/mol. The van der Waals surface area contributed by atoms with Crippen LogP contribution in [0.15, 0.2) is 0 Å². The van der Waals surface area contributed by atoms with Gasteiger partial charge in [0.25, 0.3) is 0 Å². The monoisotopic (exact) mass is 291 g/mol. The summed E-state index contributed by atoms with van der Waals surface area (Å²) in [7, 11) is 5.14. The molecule has 0 aliphatic carbocycles. The number of methoxy groups -OCH3 is 1. The second-order valence-corrected chi connectivity index (χ2v) is 5.18. The second kappa shape index (κ2) is 10.1. The number of hydrogen-bond acceptors (Lipinski definition) is 5. The Balaban J connectivity index is 3.84. The number of nitrogens with two attached hydrogens (primary N) is 1. The van der Waals surface area contributed by atoms with Crippen molar-refractivity contribution in [3.63, 3.8) is 0 Å². The number of carbonyl (C=O) groups excluding carboxylic acids is 1. The molecule has 0 rings (SSSR count). The van der Waals surface area contributed by atoms with Crippen molar-refractivity contribution in [2.24, 2.45) is 5.73 Å². The molecular weight excluding hydrogens is 266 g/mol. The standard InChI is InChI=1S/C12H25N3O3S/c1-14(8-10(16)9-18-3)6-5-12(17)15(2)7-4-11(13)19/h10,16H,4-9H2,1-3H3,(H2,13,19). The van der Waals surface area contributed by atoms with E-state index >= 15 is 0 Å². The topological polar surface area (TPSA) is 79.0 Å².